The summed E-state index contributed by atoms with van der Waals surface area (Å²) in [4.78, 5) is 18.8. The normalized spacial score (nSPS) is 11.3. The molecule has 216 valence electrons. The Hall–Kier alpha value is -4.45. The van der Waals surface area contributed by atoms with Gasteiger partial charge in [0.05, 0.1) is 40.3 Å². The molecule has 0 fully saturated rings. The van der Waals surface area contributed by atoms with Crippen LogP contribution in [-0.4, -0.2) is 23.0 Å². The van der Waals surface area contributed by atoms with E-state index in [1.54, 1.807) is 43.5 Å². The Morgan fingerprint density at radius 1 is 1.12 bits per heavy atom. The van der Waals surface area contributed by atoms with Gasteiger partial charge in [0.2, 0.25) is 0 Å². The molecule has 0 atom stereocenters. The van der Waals surface area contributed by atoms with Gasteiger partial charge in [-0.2, -0.15) is 15.0 Å². The van der Waals surface area contributed by atoms with Crippen molar-refractivity contribution in [2.75, 3.05) is 7.11 Å². The molecule has 43 heavy (non-hydrogen) atoms. The second kappa shape index (κ2) is 12.8. The average molecular weight is 656 g/mol. The van der Waals surface area contributed by atoms with E-state index >= 15 is 0 Å². The van der Waals surface area contributed by atoms with Crippen molar-refractivity contribution < 1.29 is 9.47 Å². The van der Waals surface area contributed by atoms with Gasteiger partial charge in [-0.25, -0.2) is 4.98 Å². The number of nitriles is 1. The molecule has 1 aromatic heterocycles. The first kappa shape index (κ1) is 30.0. The van der Waals surface area contributed by atoms with Gasteiger partial charge in [-0.1, -0.05) is 55.8 Å². The number of nitrogens with zero attached hydrogens (tertiary/aromatic N) is 4. The topological polar surface area (TPSA) is 89.5 Å². The van der Waals surface area contributed by atoms with Crippen molar-refractivity contribution in [3.05, 3.63) is 120 Å². The lowest BCUT2D eigenvalue weighted by molar-refractivity contribution is 0.303. The van der Waals surface area contributed by atoms with Gasteiger partial charge in [0.25, 0.3) is 5.56 Å². The van der Waals surface area contributed by atoms with Gasteiger partial charge in [0.1, 0.15) is 18.1 Å². The van der Waals surface area contributed by atoms with Gasteiger partial charge >= 0.3 is 0 Å². The van der Waals surface area contributed by atoms with Crippen LogP contribution in [0.15, 0.2) is 87.2 Å². The van der Waals surface area contributed by atoms with Crippen LogP contribution in [0.2, 0.25) is 5.02 Å². The number of aromatic nitrogens is 2. The van der Waals surface area contributed by atoms with Crippen LogP contribution in [0.25, 0.3) is 22.3 Å². The lowest BCUT2D eigenvalue weighted by atomic mass is 9.96. The van der Waals surface area contributed by atoms with E-state index in [2.05, 4.69) is 40.9 Å². The van der Waals surface area contributed by atoms with Crippen molar-refractivity contribution in [3.63, 3.8) is 0 Å². The fourth-order valence-electron chi connectivity index (χ4n) is 4.83. The first-order chi connectivity index (χ1) is 20.7. The maximum absolute atomic E-state index is 13.9. The second-order valence-electron chi connectivity index (χ2n) is 10.2. The predicted molar refractivity (Wildman–Crippen MR) is 174 cm³/mol. The molecule has 0 N–H and O–H groups in total. The van der Waals surface area contributed by atoms with E-state index in [0.717, 1.165) is 28.0 Å². The molecule has 0 aliphatic rings. The fraction of sp³-hybridized carbons (Fsp3) is 0.176. The summed E-state index contributed by atoms with van der Waals surface area (Å²) in [6.07, 6.45) is 1.53. The summed E-state index contributed by atoms with van der Waals surface area (Å²) in [5, 5.41) is 15.0. The monoisotopic (exact) mass is 654 g/mol. The maximum Gasteiger partial charge on any atom is 0.282 e. The van der Waals surface area contributed by atoms with Crippen LogP contribution in [0, 0.1) is 18.3 Å². The molecule has 1 heterocycles. The van der Waals surface area contributed by atoms with Crippen LogP contribution in [0.4, 0.5) is 0 Å². The van der Waals surface area contributed by atoms with Crippen LogP contribution in [0.1, 0.15) is 47.6 Å². The third-order valence-electron chi connectivity index (χ3n) is 7.05. The van der Waals surface area contributed by atoms with Gasteiger partial charge in [0, 0.05) is 21.7 Å². The molecule has 5 aromatic rings. The van der Waals surface area contributed by atoms with Gasteiger partial charge in [-0.05, 0) is 82.4 Å². The number of aryl methyl sites for hydroxylation is 1. The van der Waals surface area contributed by atoms with E-state index in [4.69, 9.17) is 26.1 Å². The number of fused-ring (bicyclic) bond motifs is 1. The van der Waals surface area contributed by atoms with E-state index in [9.17, 15) is 10.1 Å². The second-order valence-corrected chi connectivity index (χ2v) is 11.5. The van der Waals surface area contributed by atoms with Gasteiger partial charge < -0.3 is 9.47 Å². The zero-order chi connectivity index (χ0) is 30.7. The number of para-hydroxylation sites is 1. The Morgan fingerprint density at radius 2 is 1.86 bits per heavy atom. The van der Waals surface area contributed by atoms with Crippen molar-refractivity contribution in [1.82, 2.24) is 9.66 Å². The highest BCUT2D eigenvalue weighted by Crippen LogP contribution is 2.35. The highest BCUT2D eigenvalue weighted by molar-refractivity contribution is 9.10. The summed E-state index contributed by atoms with van der Waals surface area (Å²) in [5.74, 6) is 1.81. The standard InChI is InChI=1S/C34H28BrClN4O3/c1-20(2)27-16-28(21(3)13-31(27)42-4)33-39-30-12-8-7-11-26(30)34(41)40(33)38-18-24-14-25(36)15-29(35)32(24)43-19-23-10-6-5-9-22(23)17-37/h5-16,18,20H,19H2,1-4H3. The summed E-state index contributed by atoms with van der Waals surface area (Å²) in [6, 6.07) is 24.0. The number of halogens is 2. The van der Waals surface area contributed by atoms with E-state index in [-0.39, 0.29) is 18.1 Å². The zero-order valence-corrected chi connectivity index (χ0v) is 26.4. The van der Waals surface area contributed by atoms with Crippen LogP contribution in [0.5, 0.6) is 11.5 Å². The fourth-order valence-corrected chi connectivity index (χ4v) is 5.77. The SMILES string of the molecule is COc1cc(C)c(-c2nc3ccccc3c(=O)n2N=Cc2cc(Cl)cc(Br)c2OCc2ccccc2C#N)cc1C(C)C. The molecule has 0 spiro atoms. The number of hydrogen-bond donors (Lipinski definition) is 0. The Balaban J connectivity index is 1.66. The van der Waals surface area contributed by atoms with Crippen LogP contribution >= 0.6 is 27.5 Å². The summed E-state index contributed by atoms with van der Waals surface area (Å²) in [5.41, 5.74) is 4.70. The summed E-state index contributed by atoms with van der Waals surface area (Å²) in [6.45, 7) is 6.28. The minimum Gasteiger partial charge on any atom is -0.496 e. The summed E-state index contributed by atoms with van der Waals surface area (Å²) in [7, 11) is 1.65. The van der Waals surface area contributed by atoms with Crippen LogP contribution in [0.3, 0.4) is 0 Å². The van der Waals surface area contributed by atoms with Crippen molar-refractivity contribution >= 4 is 44.6 Å². The molecule has 0 saturated carbocycles. The minimum atomic E-state index is -0.315. The molecule has 5 rings (SSSR count). The first-order valence-corrected chi connectivity index (χ1v) is 14.7. The molecule has 9 heteroatoms. The Morgan fingerprint density at radius 3 is 2.60 bits per heavy atom. The Kier molecular flexibility index (Phi) is 8.95. The summed E-state index contributed by atoms with van der Waals surface area (Å²) < 4.78 is 13.7. The lowest BCUT2D eigenvalue weighted by Crippen LogP contribution is -2.21. The predicted octanol–water partition coefficient (Wildman–Crippen LogP) is 8.25. The zero-order valence-electron chi connectivity index (χ0n) is 24.1. The molecular formula is C34H28BrClN4O3. The van der Waals surface area contributed by atoms with E-state index in [1.165, 1.54) is 10.9 Å². The molecule has 4 aromatic carbocycles. The number of hydrogen-bond acceptors (Lipinski definition) is 6. The van der Waals surface area contributed by atoms with Gasteiger partial charge in [-0.15, -0.1) is 0 Å². The van der Waals surface area contributed by atoms with E-state index < -0.39 is 0 Å². The third-order valence-corrected chi connectivity index (χ3v) is 7.86. The number of rotatable bonds is 8. The van der Waals surface area contributed by atoms with Crippen molar-refractivity contribution in [1.29, 1.82) is 5.26 Å². The molecular weight excluding hydrogens is 628 g/mol. The lowest BCUT2D eigenvalue weighted by Gasteiger charge is -2.17. The van der Waals surface area contributed by atoms with E-state index in [1.807, 2.05) is 43.3 Å². The number of methoxy groups -OCH3 is 1. The van der Waals surface area contributed by atoms with Crippen LogP contribution < -0.4 is 15.0 Å². The maximum atomic E-state index is 13.9. The minimum absolute atomic E-state index is 0.149. The van der Waals surface area contributed by atoms with Crippen LogP contribution in [-0.2, 0) is 6.61 Å². The van der Waals surface area contributed by atoms with Crippen molar-refractivity contribution in [2.45, 2.75) is 33.3 Å². The Bertz CT molecular complexity index is 1980. The molecule has 0 unspecified atom stereocenters. The average Bonchev–Trinajstić information content (AvgIpc) is 2.99. The molecule has 0 aliphatic carbocycles. The number of benzene rings is 4. The molecule has 0 aliphatic heterocycles. The van der Waals surface area contributed by atoms with Crippen molar-refractivity contribution in [2.24, 2.45) is 5.10 Å². The highest BCUT2D eigenvalue weighted by Gasteiger charge is 2.19. The van der Waals surface area contributed by atoms with Gasteiger partial charge in [0.15, 0.2) is 5.82 Å². The highest BCUT2D eigenvalue weighted by atomic mass is 79.9. The molecule has 0 amide bonds. The third kappa shape index (κ3) is 6.19. The molecule has 7 nitrogen and oxygen atoms in total. The van der Waals surface area contributed by atoms with Gasteiger partial charge in [-0.3, -0.25) is 4.79 Å². The van der Waals surface area contributed by atoms with E-state index in [0.29, 0.717) is 43.1 Å². The summed E-state index contributed by atoms with van der Waals surface area (Å²) >= 11 is 9.97. The first-order valence-electron chi connectivity index (χ1n) is 13.6. The number of ether oxygens (including phenoxy) is 2. The molecule has 0 radical (unpaired) electrons. The molecule has 0 bridgehead atoms. The smallest absolute Gasteiger partial charge is 0.282 e. The molecule has 0 saturated heterocycles. The van der Waals surface area contributed by atoms with Crippen molar-refractivity contribution in [3.8, 4) is 29.0 Å². The Labute approximate surface area is 263 Å². The largest absolute Gasteiger partial charge is 0.496 e. The quantitative estimate of drug-likeness (QED) is 0.157.